The molecule has 0 aromatic rings. The molecule has 3 aliphatic rings. The van der Waals surface area contributed by atoms with Crippen molar-refractivity contribution in [1.82, 2.24) is 4.90 Å². The molecule has 3 rings (SSSR count). The third kappa shape index (κ3) is 0.916. The molecule has 2 N–H and O–H groups in total. The van der Waals surface area contributed by atoms with E-state index in [4.69, 9.17) is 10.7 Å². The van der Waals surface area contributed by atoms with Gasteiger partial charge in [-0.1, -0.05) is 0 Å². The highest BCUT2D eigenvalue weighted by atomic mass is 19.1. The lowest BCUT2D eigenvalue weighted by Crippen LogP contribution is -2.52. The summed E-state index contributed by atoms with van der Waals surface area (Å²) in [6.45, 7) is 1.61. The van der Waals surface area contributed by atoms with Crippen molar-refractivity contribution in [2.75, 3.05) is 13.1 Å². The van der Waals surface area contributed by atoms with Gasteiger partial charge in [0.05, 0.1) is 5.54 Å². The molecule has 4 heteroatoms. The van der Waals surface area contributed by atoms with E-state index in [0.29, 0.717) is 13.0 Å². The zero-order chi connectivity index (χ0) is 9.81. The van der Waals surface area contributed by atoms with E-state index in [1.54, 1.807) is 0 Å². The van der Waals surface area contributed by atoms with Crippen LogP contribution in [0.5, 0.6) is 0 Å². The molecular formula is C10H17FN2O. The normalized spacial score (nSPS) is 45.4. The van der Waals surface area contributed by atoms with Crippen LogP contribution < -0.4 is 5.90 Å². The van der Waals surface area contributed by atoms with Crippen LogP contribution in [0.1, 0.15) is 32.1 Å². The van der Waals surface area contributed by atoms with Gasteiger partial charge in [-0.15, -0.1) is 0 Å². The van der Waals surface area contributed by atoms with Crippen LogP contribution in [0, 0.1) is 0 Å². The van der Waals surface area contributed by atoms with Crippen molar-refractivity contribution in [2.24, 2.45) is 5.90 Å². The van der Waals surface area contributed by atoms with Gasteiger partial charge < -0.3 is 0 Å². The quantitative estimate of drug-likeness (QED) is 0.675. The molecule has 0 amide bonds. The van der Waals surface area contributed by atoms with Crippen molar-refractivity contribution >= 4 is 0 Å². The Kier molecular flexibility index (Phi) is 1.74. The highest BCUT2D eigenvalue weighted by Gasteiger charge is 2.67. The van der Waals surface area contributed by atoms with E-state index in [0.717, 1.165) is 32.2 Å². The predicted octanol–water partition coefficient (Wildman–Crippen LogP) is 0.986. The zero-order valence-corrected chi connectivity index (χ0v) is 8.34. The number of halogens is 1. The summed E-state index contributed by atoms with van der Waals surface area (Å²) >= 11 is 0. The van der Waals surface area contributed by atoms with Crippen molar-refractivity contribution < 1.29 is 9.23 Å². The van der Waals surface area contributed by atoms with Gasteiger partial charge in [0.1, 0.15) is 11.8 Å². The summed E-state index contributed by atoms with van der Waals surface area (Å²) in [7, 11) is 0. The lowest BCUT2D eigenvalue weighted by atomic mass is 9.85. The number of rotatable bonds is 2. The van der Waals surface area contributed by atoms with E-state index < -0.39 is 6.17 Å². The Balaban J connectivity index is 1.93. The average Bonchev–Trinajstić information content (AvgIpc) is 2.77. The highest BCUT2D eigenvalue weighted by Crippen LogP contribution is 2.58. The summed E-state index contributed by atoms with van der Waals surface area (Å²) in [5, 5.41) is 0. The predicted molar refractivity (Wildman–Crippen MR) is 50.3 cm³/mol. The summed E-state index contributed by atoms with van der Waals surface area (Å²) in [6, 6.07) is 0. The maximum Gasteiger partial charge on any atom is 0.115 e. The first-order valence-corrected chi connectivity index (χ1v) is 5.49. The largest absolute Gasteiger partial charge is 0.296 e. The Hall–Kier alpha value is -0.190. The fraction of sp³-hybridized carbons (Fsp3) is 1.00. The first kappa shape index (κ1) is 9.07. The topological polar surface area (TPSA) is 38.5 Å². The van der Waals surface area contributed by atoms with E-state index in [1.165, 1.54) is 0 Å². The molecule has 0 spiro atoms. The minimum absolute atomic E-state index is 0.0544. The molecule has 2 aliphatic heterocycles. The molecule has 0 aromatic carbocycles. The minimum atomic E-state index is -0.678. The van der Waals surface area contributed by atoms with Gasteiger partial charge in [-0.2, -0.15) is 0 Å². The molecule has 0 radical (unpaired) electrons. The minimum Gasteiger partial charge on any atom is -0.296 e. The van der Waals surface area contributed by atoms with Gasteiger partial charge in [0.15, 0.2) is 0 Å². The Morgan fingerprint density at radius 2 is 2.14 bits per heavy atom. The molecule has 14 heavy (non-hydrogen) atoms. The van der Waals surface area contributed by atoms with Gasteiger partial charge in [-0.25, -0.2) is 10.3 Å². The fourth-order valence-corrected chi connectivity index (χ4v) is 3.61. The fourth-order valence-electron chi connectivity index (χ4n) is 3.61. The van der Waals surface area contributed by atoms with Gasteiger partial charge in [-0.05, 0) is 32.2 Å². The first-order valence-electron chi connectivity index (χ1n) is 5.49. The molecule has 0 aromatic heterocycles. The Labute approximate surface area is 83.3 Å². The van der Waals surface area contributed by atoms with Crippen LogP contribution in [0.2, 0.25) is 0 Å². The molecule has 3 nitrogen and oxygen atoms in total. The Bertz CT molecular complexity index is 257. The van der Waals surface area contributed by atoms with Crippen LogP contribution in [-0.2, 0) is 4.84 Å². The lowest BCUT2D eigenvalue weighted by Gasteiger charge is -2.38. The summed E-state index contributed by atoms with van der Waals surface area (Å²) in [4.78, 5) is 7.45. The van der Waals surface area contributed by atoms with Gasteiger partial charge in [0.25, 0.3) is 0 Å². The van der Waals surface area contributed by atoms with Crippen molar-refractivity contribution in [3.8, 4) is 0 Å². The molecule has 0 bridgehead atoms. The number of alkyl halides is 1. The average molecular weight is 200 g/mol. The number of nitrogens with zero attached hydrogens (tertiary/aromatic N) is 1. The summed E-state index contributed by atoms with van der Waals surface area (Å²) in [6.07, 6.45) is 4.19. The van der Waals surface area contributed by atoms with Crippen molar-refractivity contribution in [3.63, 3.8) is 0 Å². The van der Waals surface area contributed by atoms with Crippen molar-refractivity contribution in [3.05, 3.63) is 0 Å². The molecule has 1 aliphatic carbocycles. The lowest BCUT2D eigenvalue weighted by molar-refractivity contribution is -0.0661. The van der Waals surface area contributed by atoms with Crippen LogP contribution in [0.15, 0.2) is 0 Å². The summed E-state index contributed by atoms with van der Waals surface area (Å²) in [5.74, 6) is 5.40. The molecule has 3 fully saturated rings. The number of hydrogen-bond donors (Lipinski definition) is 1. The van der Waals surface area contributed by atoms with E-state index in [9.17, 15) is 4.39 Å². The summed E-state index contributed by atoms with van der Waals surface area (Å²) < 4.78 is 13.4. The molecule has 2 heterocycles. The summed E-state index contributed by atoms with van der Waals surface area (Å²) in [5.41, 5.74) is -0.258. The van der Waals surface area contributed by atoms with Crippen LogP contribution >= 0.6 is 0 Å². The van der Waals surface area contributed by atoms with Gasteiger partial charge in [-0.3, -0.25) is 9.74 Å². The van der Waals surface area contributed by atoms with E-state index in [1.807, 2.05) is 0 Å². The highest BCUT2D eigenvalue weighted by molar-refractivity contribution is 5.21. The molecule has 2 saturated heterocycles. The van der Waals surface area contributed by atoms with Gasteiger partial charge in [0, 0.05) is 13.0 Å². The van der Waals surface area contributed by atoms with Crippen LogP contribution in [0.3, 0.4) is 0 Å². The van der Waals surface area contributed by atoms with Crippen LogP contribution in [0.25, 0.3) is 0 Å². The molecule has 80 valence electrons. The number of hydrogen-bond acceptors (Lipinski definition) is 3. The SMILES string of the molecule is NOC1(C23CCCN2CC(F)C3)CC1. The zero-order valence-electron chi connectivity index (χ0n) is 8.34. The Morgan fingerprint density at radius 3 is 2.79 bits per heavy atom. The van der Waals surface area contributed by atoms with E-state index in [2.05, 4.69) is 4.90 Å². The Morgan fingerprint density at radius 1 is 1.36 bits per heavy atom. The third-order valence-electron chi connectivity index (χ3n) is 4.38. The first-order chi connectivity index (χ1) is 6.72. The van der Waals surface area contributed by atoms with Gasteiger partial charge >= 0.3 is 0 Å². The molecular weight excluding hydrogens is 183 g/mol. The van der Waals surface area contributed by atoms with E-state index >= 15 is 0 Å². The maximum atomic E-state index is 13.4. The second-order valence-corrected chi connectivity index (χ2v) is 4.99. The maximum absolute atomic E-state index is 13.4. The van der Waals surface area contributed by atoms with Crippen molar-refractivity contribution in [1.29, 1.82) is 0 Å². The van der Waals surface area contributed by atoms with Crippen molar-refractivity contribution in [2.45, 2.75) is 49.4 Å². The van der Waals surface area contributed by atoms with Crippen LogP contribution in [-0.4, -0.2) is 35.3 Å². The number of fused-ring (bicyclic) bond motifs is 1. The monoisotopic (exact) mass is 200 g/mol. The second-order valence-electron chi connectivity index (χ2n) is 4.99. The molecule has 2 unspecified atom stereocenters. The number of nitrogens with two attached hydrogens (primary N) is 1. The van der Waals surface area contributed by atoms with E-state index in [-0.39, 0.29) is 11.1 Å². The third-order valence-corrected chi connectivity index (χ3v) is 4.38. The van der Waals surface area contributed by atoms with Crippen LogP contribution in [0.4, 0.5) is 4.39 Å². The standard InChI is InChI=1S/C10H17FN2O/c11-8-6-9(10(14-12)3-4-10)2-1-5-13(9)7-8/h8H,1-7,12H2. The second kappa shape index (κ2) is 2.68. The van der Waals surface area contributed by atoms with Gasteiger partial charge in [0.2, 0.25) is 0 Å². The molecule has 1 saturated carbocycles. The smallest absolute Gasteiger partial charge is 0.115 e. The molecule has 2 atom stereocenters.